The van der Waals surface area contributed by atoms with Gasteiger partial charge in [-0.25, -0.2) is 0 Å². The molecular formula is C26H40N2O3. The quantitative estimate of drug-likeness (QED) is 0.334. The Morgan fingerprint density at radius 1 is 0.903 bits per heavy atom. The monoisotopic (exact) mass is 428 g/mol. The summed E-state index contributed by atoms with van der Waals surface area (Å²) in [6.45, 7) is 8.36. The molecule has 0 unspecified atom stereocenters. The van der Waals surface area contributed by atoms with Crippen molar-refractivity contribution >= 4 is 5.69 Å². The van der Waals surface area contributed by atoms with Gasteiger partial charge in [0.15, 0.2) is 0 Å². The zero-order valence-corrected chi connectivity index (χ0v) is 19.1. The highest BCUT2D eigenvalue weighted by Gasteiger charge is 2.40. The van der Waals surface area contributed by atoms with E-state index < -0.39 is 0 Å². The third kappa shape index (κ3) is 8.37. The van der Waals surface area contributed by atoms with E-state index in [1.807, 2.05) is 0 Å². The number of rotatable bonds is 15. The lowest BCUT2D eigenvalue weighted by Gasteiger charge is -2.50. The molecule has 0 bridgehead atoms. The fourth-order valence-electron chi connectivity index (χ4n) is 4.39. The van der Waals surface area contributed by atoms with Crippen LogP contribution in [0.1, 0.15) is 51.4 Å². The van der Waals surface area contributed by atoms with Gasteiger partial charge in [-0.15, -0.1) is 12.3 Å². The summed E-state index contributed by atoms with van der Waals surface area (Å²) in [5.41, 5.74) is 1.83. The normalized spacial score (nSPS) is 17.3. The van der Waals surface area contributed by atoms with Crippen molar-refractivity contribution < 1.29 is 14.2 Å². The summed E-state index contributed by atoms with van der Waals surface area (Å²) in [6, 6.07) is 8.56. The van der Waals surface area contributed by atoms with Crippen LogP contribution in [-0.4, -0.2) is 59.2 Å². The second kappa shape index (κ2) is 13.6. The molecule has 2 aliphatic heterocycles. The predicted molar refractivity (Wildman–Crippen MR) is 127 cm³/mol. The maximum Gasteiger partial charge on any atom is 0.119 e. The predicted octanol–water partition coefficient (Wildman–Crippen LogP) is 4.26. The number of anilines is 1. The number of terminal acetylenes is 1. The van der Waals surface area contributed by atoms with E-state index in [9.17, 15) is 0 Å². The third-order valence-electron chi connectivity index (χ3n) is 6.30. The highest BCUT2D eigenvalue weighted by molar-refractivity contribution is 5.50. The molecule has 0 saturated carbocycles. The maximum absolute atomic E-state index is 5.84. The number of ether oxygens (including phenoxy) is 3. The first-order valence-electron chi connectivity index (χ1n) is 12.1. The van der Waals surface area contributed by atoms with Crippen molar-refractivity contribution in [1.82, 2.24) is 5.32 Å². The number of unbranched alkanes of at least 4 members (excludes halogenated alkanes) is 4. The van der Waals surface area contributed by atoms with Crippen LogP contribution in [0.25, 0.3) is 0 Å². The van der Waals surface area contributed by atoms with Gasteiger partial charge in [-0.05, 0) is 69.2 Å². The van der Waals surface area contributed by atoms with Crippen LogP contribution < -0.4 is 15.0 Å². The van der Waals surface area contributed by atoms with E-state index in [0.717, 1.165) is 70.6 Å². The molecule has 1 aromatic rings. The van der Waals surface area contributed by atoms with Gasteiger partial charge in [-0.3, -0.25) is 0 Å². The van der Waals surface area contributed by atoms with E-state index in [4.69, 9.17) is 20.6 Å². The van der Waals surface area contributed by atoms with E-state index in [0.29, 0.717) is 18.6 Å². The zero-order valence-electron chi connectivity index (χ0n) is 19.1. The van der Waals surface area contributed by atoms with Crippen LogP contribution in [0.5, 0.6) is 5.75 Å². The molecule has 3 rings (SSSR count). The summed E-state index contributed by atoms with van der Waals surface area (Å²) in [5.74, 6) is 3.58. The minimum atomic E-state index is 0.514. The number of benzene rings is 1. The van der Waals surface area contributed by atoms with E-state index >= 15 is 0 Å². The first-order chi connectivity index (χ1) is 15.3. The van der Waals surface area contributed by atoms with Gasteiger partial charge in [0.2, 0.25) is 0 Å². The average molecular weight is 429 g/mol. The number of nitrogens with zero attached hydrogens (tertiary/aromatic N) is 1. The largest absolute Gasteiger partial charge is 0.491 e. The van der Waals surface area contributed by atoms with Crippen molar-refractivity contribution in [3.05, 3.63) is 24.3 Å². The van der Waals surface area contributed by atoms with Gasteiger partial charge in [-0.2, -0.15) is 0 Å². The van der Waals surface area contributed by atoms with E-state index in [2.05, 4.69) is 40.4 Å². The molecule has 2 heterocycles. The van der Waals surface area contributed by atoms with E-state index in [1.54, 1.807) is 0 Å². The van der Waals surface area contributed by atoms with Crippen LogP contribution in [0, 0.1) is 17.8 Å². The van der Waals surface area contributed by atoms with Crippen molar-refractivity contribution in [2.75, 3.05) is 64.1 Å². The Hall–Kier alpha value is -1.74. The molecule has 0 aliphatic carbocycles. The molecular weight excluding hydrogens is 388 g/mol. The van der Waals surface area contributed by atoms with Gasteiger partial charge >= 0.3 is 0 Å². The standard InChI is InChI=1S/C26H40N2O3/c1-2-3-4-6-16-29-17-7-5-8-18-30-19-20-31-25-12-10-24(11-13-25)28-15-9-14-26(23-28)21-27-22-26/h1,10-13,27H,3-9,14-23H2. The lowest BCUT2D eigenvalue weighted by Crippen LogP contribution is -2.61. The van der Waals surface area contributed by atoms with Crippen molar-refractivity contribution in [3.63, 3.8) is 0 Å². The number of nitrogens with one attached hydrogen (secondary N) is 1. The Labute approximate surface area is 188 Å². The van der Waals surface area contributed by atoms with Gasteiger partial charge in [0.1, 0.15) is 12.4 Å². The molecule has 31 heavy (non-hydrogen) atoms. The number of hydrogen-bond donors (Lipinski definition) is 1. The maximum atomic E-state index is 5.84. The number of hydrogen-bond acceptors (Lipinski definition) is 5. The molecule has 0 atom stereocenters. The molecule has 0 radical (unpaired) electrons. The third-order valence-corrected chi connectivity index (χ3v) is 6.30. The fraction of sp³-hybridized carbons (Fsp3) is 0.692. The van der Waals surface area contributed by atoms with Gasteiger partial charge in [0.05, 0.1) is 6.61 Å². The van der Waals surface area contributed by atoms with Gasteiger partial charge in [-0.1, -0.05) is 0 Å². The Kier molecular flexibility index (Phi) is 10.5. The molecule has 0 amide bonds. The smallest absolute Gasteiger partial charge is 0.119 e. The van der Waals surface area contributed by atoms with Gasteiger partial charge < -0.3 is 24.4 Å². The number of piperidine rings is 1. The molecule has 0 aromatic heterocycles. The van der Waals surface area contributed by atoms with Crippen LogP contribution in [0.15, 0.2) is 24.3 Å². The van der Waals surface area contributed by atoms with Crippen LogP contribution in [0.4, 0.5) is 5.69 Å². The molecule has 2 saturated heterocycles. The summed E-state index contributed by atoms with van der Waals surface area (Å²) in [7, 11) is 0. The lowest BCUT2D eigenvalue weighted by molar-refractivity contribution is 0.0923. The summed E-state index contributed by atoms with van der Waals surface area (Å²) in [4.78, 5) is 2.53. The van der Waals surface area contributed by atoms with E-state index in [1.165, 1.54) is 38.2 Å². The minimum Gasteiger partial charge on any atom is -0.491 e. The Balaban J connectivity index is 1.16. The summed E-state index contributed by atoms with van der Waals surface area (Å²) in [6.07, 6.45) is 14.2. The molecule has 5 nitrogen and oxygen atoms in total. The first kappa shape index (κ1) is 23.9. The van der Waals surface area contributed by atoms with Crippen molar-refractivity contribution in [2.45, 2.75) is 51.4 Å². The zero-order chi connectivity index (χ0) is 21.6. The Bertz CT molecular complexity index is 652. The summed E-state index contributed by atoms with van der Waals surface area (Å²) in [5, 5.41) is 3.44. The Morgan fingerprint density at radius 2 is 1.61 bits per heavy atom. The molecule has 2 fully saturated rings. The second-order valence-corrected chi connectivity index (χ2v) is 8.92. The van der Waals surface area contributed by atoms with Crippen molar-refractivity contribution in [2.24, 2.45) is 5.41 Å². The van der Waals surface area contributed by atoms with Crippen LogP contribution in [0.2, 0.25) is 0 Å². The Morgan fingerprint density at radius 3 is 2.29 bits per heavy atom. The SMILES string of the molecule is C#CCCCCOCCCCCOCCOc1ccc(N2CCCC3(CNC3)C2)cc1. The van der Waals surface area contributed by atoms with Crippen molar-refractivity contribution in [1.29, 1.82) is 0 Å². The molecule has 1 aromatic carbocycles. The molecule has 172 valence electrons. The van der Waals surface area contributed by atoms with Crippen LogP contribution in [0.3, 0.4) is 0 Å². The van der Waals surface area contributed by atoms with Gasteiger partial charge in [0.25, 0.3) is 0 Å². The highest BCUT2D eigenvalue weighted by atomic mass is 16.5. The lowest BCUT2D eigenvalue weighted by atomic mass is 9.75. The fourth-order valence-corrected chi connectivity index (χ4v) is 4.39. The van der Waals surface area contributed by atoms with Crippen LogP contribution >= 0.6 is 0 Å². The highest BCUT2D eigenvalue weighted by Crippen LogP contribution is 2.35. The van der Waals surface area contributed by atoms with E-state index in [-0.39, 0.29) is 0 Å². The molecule has 1 N–H and O–H groups in total. The van der Waals surface area contributed by atoms with Gasteiger partial charge in [0, 0.05) is 63.5 Å². The molecule has 1 spiro atoms. The minimum absolute atomic E-state index is 0.514. The van der Waals surface area contributed by atoms with Crippen LogP contribution in [-0.2, 0) is 9.47 Å². The first-order valence-corrected chi connectivity index (χ1v) is 12.1. The summed E-state index contributed by atoms with van der Waals surface area (Å²) >= 11 is 0. The summed E-state index contributed by atoms with van der Waals surface area (Å²) < 4.78 is 17.1. The average Bonchev–Trinajstić information content (AvgIpc) is 2.79. The topological polar surface area (TPSA) is 43.0 Å². The van der Waals surface area contributed by atoms with Crippen molar-refractivity contribution in [3.8, 4) is 18.1 Å². The second-order valence-electron chi connectivity index (χ2n) is 8.92. The molecule has 5 heteroatoms. The molecule has 2 aliphatic rings.